The van der Waals surface area contributed by atoms with Crippen LogP contribution in [0.15, 0.2) is 36.4 Å². The van der Waals surface area contributed by atoms with Gasteiger partial charge < -0.3 is 5.11 Å². The fourth-order valence-electron chi connectivity index (χ4n) is 1.75. The fraction of sp³-hybridized carbons (Fsp3) is 0.333. The van der Waals surface area contributed by atoms with E-state index in [4.69, 9.17) is 11.6 Å². The Bertz CT molecular complexity index is 539. The molecule has 0 aliphatic carbocycles. The van der Waals surface area contributed by atoms with Crippen LogP contribution in [0.4, 0.5) is 0 Å². The summed E-state index contributed by atoms with van der Waals surface area (Å²) in [6.07, 6.45) is -0.639. The van der Waals surface area contributed by atoms with E-state index in [2.05, 4.69) is 26.8 Å². The van der Waals surface area contributed by atoms with Crippen molar-refractivity contribution in [3.05, 3.63) is 56.7 Å². The normalized spacial score (nSPS) is 13.6. The molecule has 0 radical (unpaired) electrons. The van der Waals surface area contributed by atoms with Crippen molar-refractivity contribution in [2.24, 2.45) is 0 Å². The summed E-state index contributed by atoms with van der Waals surface area (Å²) >= 11 is 7.75. The van der Waals surface area contributed by atoms with Gasteiger partial charge in [0.2, 0.25) is 0 Å². The van der Waals surface area contributed by atoms with Gasteiger partial charge in [0.05, 0.1) is 0 Å². The molecular weight excluding hydrogens is 264 g/mol. The lowest BCUT2D eigenvalue weighted by atomic mass is 9.95. The number of rotatable bonds is 2. The van der Waals surface area contributed by atoms with Gasteiger partial charge in [-0.2, -0.15) is 0 Å². The number of aliphatic hydroxyl groups excluding tert-OH is 1. The molecule has 0 fully saturated rings. The molecule has 0 saturated carbocycles. The van der Waals surface area contributed by atoms with Gasteiger partial charge in [0, 0.05) is 20.3 Å². The van der Waals surface area contributed by atoms with Crippen molar-refractivity contribution in [1.82, 2.24) is 0 Å². The Hall–Kier alpha value is -0.830. The summed E-state index contributed by atoms with van der Waals surface area (Å²) in [6.45, 7) is 6.51. The molecule has 3 heteroatoms. The molecule has 1 N–H and O–H groups in total. The van der Waals surface area contributed by atoms with Crippen molar-refractivity contribution < 1.29 is 5.11 Å². The molecule has 1 atom stereocenters. The minimum atomic E-state index is -0.639. The third kappa shape index (κ3) is 2.77. The average Bonchev–Trinajstić information content (AvgIpc) is 2.77. The van der Waals surface area contributed by atoms with E-state index >= 15 is 0 Å². The third-order valence-electron chi connectivity index (χ3n) is 2.84. The first kappa shape index (κ1) is 13.6. The van der Waals surface area contributed by atoms with Crippen molar-refractivity contribution in [1.29, 1.82) is 0 Å². The SMILES string of the molecule is CC(C)(C)c1ccc(C(O)c2ccccc2Cl)s1. The minimum Gasteiger partial charge on any atom is -0.383 e. The third-order valence-corrected chi connectivity index (χ3v) is 4.74. The first-order chi connectivity index (χ1) is 8.39. The van der Waals surface area contributed by atoms with E-state index in [1.165, 1.54) is 4.88 Å². The average molecular weight is 281 g/mol. The molecule has 1 heterocycles. The van der Waals surface area contributed by atoms with Crippen LogP contribution in [0.25, 0.3) is 0 Å². The molecule has 0 spiro atoms. The zero-order valence-electron chi connectivity index (χ0n) is 10.8. The van der Waals surface area contributed by atoms with E-state index in [1.807, 2.05) is 24.3 Å². The molecular formula is C15H17ClOS. The van der Waals surface area contributed by atoms with Crippen LogP contribution in [0.2, 0.25) is 5.02 Å². The maximum Gasteiger partial charge on any atom is 0.115 e. The van der Waals surface area contributed by atoms with Gasteiger partial charge in [0.25, 0.3) is 0 Å². The molecule has 0 amide bonds. The number of hydrogen-bond donors (Lipinski definition) is 1. The second kappa shape index (κ2) is 5.04. The van der Waals surface area contributed by atoms with Crippen LogP contribution in [0.5, 0.6) is 0 Å². The first-order valence-electron chi connectivity index (χ1n) is 5.92. The van der Waals surface area contributed by atoms with E-state index in [9.17, 15) is 5.11 Å². The van der Waals surface area contributed by atoms with Gasteiger partial charge in [-0.3, -0.25) is 0 Å². The standard InChI is InChI=1S/C15H17ClOS/c1-15(2,3)13-9-8-12(18-13)14(17)10-6-4-5-7-11(10)16/h4-9,14,17H,1-3H3. The molecule has 0 bridgehead atoms. The van der Waals surface area contributed by atoms with Crippen LogP contribution in [-0.4, -0.2) is 5.11 Å². The molecule has 0 aliphatic heterocycles. The summed E-state index contributed by atoms with van der Waals surface area (Å²) in [5.74, 6) is 0. The van der Waals surface area contributed by atoms with Gasteiger partial charge in [-0.1, -0.05) is 50.6 Å². The second-order valence-corrected chi connectivity index (χ2v) is 6.90. The Balaban J connectivity index is 2.33. The first-order valence-corrected chi connectivity index (χ1v) is 7.12. The molecule has 0 aliphatic rings. The predicted molar refractivity (Wildman–Crippen MR) is 78.5 cm³/mol. The van der Waals surface area contributed by atoms with E-state index in [1.54, 1.807) is 17.4 Å². The highest BCUT2D eigenvalue weighted by Crippen LogP contribution is 2.36. The highest BCUT2D eigenvalue weighted by Gasteiger charge is 2.20. The quantitative estimate of drug-likeness (QED) is 0.839. The largest absolute Gasteiger partial charge is 0.383 e. The number of thiophene rings is 1. The van der Waals surface area contributed by atoms with Gasteiger partial charge in [0.1, 0.15) is 6.10 Å². The molecule has 96 valence electrons. The summed E-state index contributed by atoms with van der Waals surface area (Å²) in [5, 5.41) is 11.0. The van der Waals surface area contributed by atoms with E-state index in [-0.39, 0.29) is 5.41 Å². The van der Waals surface area contributed by atoms with Crippen LogP contribution >= 0.6 is 22.9 Å². The van der Waals surface area contributed by atoms with Crippen LogP contribution in [0, 0.1) is 0 Å². The highest BCUT2D eigenvalue weighted by molar-refractivity contribution is 7.12. The molecule has 18 heavy (non-hydrogen) atoms. The van der Waals surface area contributed by atoms with E-state index in [0.29, 0.717) is 5.02 Å². The maximum atomic E-state index is 10.4. The second-order valence-electron chi connectivity index (χ2n) is 5.38. The maximum absolute atomic E-state index is 10.4. The Morgan fingerprint density at radius 1 is 1.11 bits per heavy atom. The van der Waals surface area contributed by atoms with Gasteiger partial charge >= 0.3 is 0 Å². The molecule has 0 saturated heterocycles. The molecule has 1 nitrogen and oxygen atoms in total. The minimum absolute atomic E-state index is 0.114. The van der Waals surface area contributed by atoms with Crippen molar-refractivity contribution in [3.8, 4) is 0 Å². The van der Waals surface area contributed by atoms with Crippen LogP contribution in [-0.2, 0) is 5.41 Å². The molecule has 1 unspecified atom stereocenters. The summed E-state index contributed by atoms with van der Waals surface area (Å²) < 4.78 is 0. The Morgan fingerprint density at radius 2 is 1.78 bits per heavy atom. The number of aliphatic hydroxyl groups is 1. The fourth-order valence-corrected chi connectivity index (χ4v) is 3.06. The Kier molecular flexibility index (Phi) is 3.81. The topological polar surface area (TPSA) is 20.2 Å². The Labute approximate surface area is 117 Å². The number of benzene rings is 1. The van der Waals surface area contributed by atoms with Crippen LogP contribution in [0.1, 0.15) is 42.2 Å². The van der Waals surface area contributed by atoms with Gasteiger partial charge in [-0.25, -0.2) is 0 Å². The summed E-state index contributed by atoms with van der Waals surface area (Å²) in [7, 11) is 0. The number of hydrogen-bond acceptors (Lipinski definition) is 2. The Morgan fingerprint density at radius 3 is 2.33 bits per heavy atom. The van der Waals surface area contributed by atoms with Gasteiger partial charge in [-0.15, -0.1) is 11.3 Å². The summed E-state index contributed by atoms with van der Waals surface area (Å²) in [5.41, 5.74) is 0.879. The van der Waals surface area contributed by atoms with Crippen molar-refractivity contribution in [2.75, 3.05) is 0 Å². The lowest BCUT2D eigenvalue weighted by Gasteiger charge is -2.16. The van der Waals surface area contributed by atoms with E-state index < -0.39 is 6.10 Å². The van der Waals surface area contributed by atoms with Crippen molar-refractivity contribution in [3.63, 3.8) is 0 Å². The van der Waals surface area contributed by atoms with Gasteiger partial charge in [-0.05, 0) is 23.6 Å². The zero-order valence-corrected chi connectivity index (χ0v) is 12.3. The van der Waals surface area contributed by atoms with Crippen molar-refractivity contribution in [2.45, 2.75) is 32.3 Å². The summed E-state index contributed by atoms with van der Waals surface area (Å²) in [4.78, 5) is 2.21. The lowest BCUT2D eigenvalue weighted by Crippen LogP contribution is -2.07. The molecule has 2 aromatic rings. The zero-order chi connectivity index (χ0) is 13.3. The monoisotopic (exact) mass is 280 g/mol. The molecule has 1 aromatic heterocycles. The number of halogens is 1. The molecule has 2 rings (SSSR count). The van der Waals surface area contributed by atoms with Crippen LogP contribution < -0.4 is 0 Å². The lowest BCUT2D eigenvalue weighted by molar-refractivity contribution is 0.224. The smallest absolute Gasteiger partial charge is 0.115 e. The van der Waals surface area contributed by atoms with Gasteiger partial charge in [0.15, 0.2) is 0 Å². The van der Waals surface area contributed by atoms with Crippen LogP contribution in [0.3, 0.4) is 0 Å². The highest BCUT2D eigenvalue weighted by atomic mass is 35.5. The van der Waals surface area contributed by atoms with E-state index in [0.717, 1.165) is 10.4 Å². The van der Waals surface area contributed by atoms with Crippen molar-refractivity contribution >= 4 is 22.9 Å². The molecule has 1 aromatic carbocycles. The summed E-state index contributed by atoms with van der Waals surface area (Å²) in [6, 6.07) is 11.5. The predicted octanol–water partition coefficient (Wildman–Crippen LogP) is 4.78.